The predicted octanol–water partition coefficient (Wildman–Crippen LogP) is 2.64. The second-order valence-corrected chi connectivity index (χ2v) is 6.22. The molecule has 1 aromatic carbocycles. The molecule has 1 aliphatic heterocycles. The van der Waals surface area contributed by atoms with Crippen LogP contribution in [-0.4, -0.2) is 53.3 Å². The van der Waals surface area contributed by atoms with Crippen molar-refractivity contribution in [2.75, 3.05) is 33.3 Å². The van der Waals surface area contributed by atoms with Crippen molar-refractivity contribution < 1.29 is 13.5 Å². The van der Waals surface area contributed by atoms with Crippen molar-refractivity contribution >= 4 is 0 Å². The topological polar surface area (TPSA) is 41.5 Å². The molecular weight excluding hydrogens is 326 g/mol. The van der Waals surface area contributed by atoms with Crippen molar-refractivity contribution in [2.45, 2.75) is 19.5 Å². The summed E-state index contributed by atoms with van der Waals surface area (Å²) in [6, 6.07) is 7.43. The molecule has 1 unspecified atom stereocenters. The van der Waals surface area contributed by atoms with Crippen LogP contribution in [0.3, 0.4) is 0 Å². The average Bonchev–Trinajstić information content (AvgIpc) is 2.62. The Bertz CT molecular complexity index is 703. The molecule has 2 aromatic rings. The van der Waals surface area contributed by atoms with Gasteiger partial charge in [0.05, 0.1) is 12.8 Å². The van der Waals surface area contributed by atoms with Crippen LogP contribution in [0.15, 0.2) is 30.3 Å². The second-order valence-electron chi connectivity index (χ2n) is 6.22. The van der Waals surface area contributed by atoms with Crippen LogP contribution in [0.4, 0.5) is 8.78 Å². The molecule has 1 atom stereocenters. The van der Waals surface area contributed by atoms with Crippen LogP contribution in [0.25, 0.3) is 0 Å². The Labute approximate surface area is 146 Å². The third-order valence-corrected chi connectivity index (χ3v) is 4.66. The van der Waals surface area contributed by atoms with Crippen molar-refractivity contribution in [2.24, 2.45) is 0 Å². The van der Waals surface area contributed by atoms with E-state index < -0.39 is 11.6 Å². The molecule has 1 aromatic heterocycles. The van der Waals surface area contributed by atoms with Gasteiger partial charge < -0.3 is 4.74 Å². The molecular formula is C18H22F2N4O. The van der Waals surface area contributed by atoms with Gasteiger partial charge in [0.15, 0.2) is 0 Å². The predicted molar refractivity (Wildman–Crippen MR) is 90.2 cm³/mol. The fourth-order valence-corrected chi connectivity index (χ4v) is 3.12. The number of nitrogens with zero attached hydrogens (tertiary/aromatic N) is 4. The zero-order valence-electron chi connectivity index (χ0n) is 14.5. The van der Waals surface area contributed by atoms with Gasteiger partial charge in [-0.1, -0.05) is 6.07 Å². The van der Waals surface area contributed by atoms with E-state index in [0.29, 0.717) is 11.4 Å². The summed E-state index contributed by atoms with van der Waals surface area (Å²) in [5.74, 6) is -0.522. The standard InChI is InChI=1S/C18H22F2N4O/c1-13(16-5-3-14(19)11-17(16)20)24-9-7-23(8-10-24)12-15-4-6-18(25-2)22-21-15/h3-6,11,13H,7-10,12H2,1-2H3. The molecule has 0 spiro atoms. The molecule has 0 bridgehead atoms. The third-order valence-electron chi connectivity index (χ3n) is 4.66. The van der Waals surface area contributed by atoms with Crippen molar-refractivity contribution in [1.29, 1.82) is 0 Å². The number of halogens is 2. The molecule has 1 saturated heterocycles. The van der Waals surface area contributed by atoms with Crippen molar-refractivity contribution in [1.82, 2.24) is 20.0 Å². The largest absolute Gasteiger partial charge is 0.480 e. The summed E-state index contributed by atoms with van der Waals surface area (Å²) in [5, 5.41) is 8.13. The normalized spacial score (nSPS) is 17.4. The van der Waals surface area contributed by atoms with E-state index in [1.807, 2.05) is 13.0 Å². The number of hydrogen-bond acceptors (Lipinski definition) is 5. The van der Waals surface area contributed by atoms with E-state index in [1.165, 1.54) is 12.1 Å². The molecule has 0 amide bonds. The summed E-state index contributed by atoms with van der Waals surface area (Å²) in [6.45, 7) is 6.05. The Kier molecular flexibility index (Phi) is 5.55. The zero-order valence-corrected chi connectivity index (χ0v) is 14.5. The smallest absolute Gasteiger partial charge is 0.233 e. The van der Waals surface area contributed by atoms with Gasteiger partial charge >= 0.3 is 0 Å². The van der Waals surface area contributed by atoms with E-state index in [9.17, 15) is 8.78 Å². The Balaban J connectivity index is 1.55. The average molecular weight is 348 g/mol. The number of aromatic nitrogens is 2. The van der Waals surface area contributed by atoms with Gasteiger partial charge in [0.2, 0.25) is 5.88 Å². The maximum absolute atomic E-state index is 14.0. The van der Waals surface area contributed by atoms with Crippen LogP contribution in [0.1, 0.15) is 24.2 Å². The number of benzene rings is 1. The fourth-order valence-electron chi connectivity index (χ4n) is 3.12. The maximum Gasteiger partial charge on any atom is 0.233 e. The highest BCUT2D eigenvalue weighted by Gasteiger charge is 2.24. The minimum absolute atomic E-state index is 0.0801. The molecule has 2 heterocycles. The first-order chi connectivity index (χ1) is 12.1. The molecule has 0 aliphatic carbocycles. The molecule has 0 radical (unpaired) electrons. The van der Waals surface area contributed by atoms with Crippen molar-refractivity contribution in [3.05, 3.63) is 53.2 Å². The Morgan fingerprint density at radius 2 is 1.84 bits per heavy atom. The molecule has 5 nitrogen and oxygen atoms in total. The van der Waals surface area contributed by atoms with E-state index in [-0.39, 0.29) is 6.04 Å². The lowest BCUT2D eigenvalue weighted by molar-refractivity contribution is 0.0955. The van der Waals surface area contributed by atoms with E-state index >= 15 is 0 Å². The van der Waals surface area contributed by atoms with E-state index in [1.54, 1.807) is 13.2 Å². The summed E-state index contributed by atoms with van der Waals surface area (Å²) in [6.07, 6.45) is 0. The molecule has 7 heteroatoms. The summed E-state index contributed by atoms with van der Waals surface area (Å²) in [7, 11) is 1.56. The van der Waals surface area contributed by atoms with E-state index in [4.69, 9.17) is 4.74 Å². The number of ether oxygens (including phenoxy) is 1. The molecule has 134 valence electrons. The number of hydrogen-bond donors (Lipinski definition) is 0. The van der Waals surface area contributed by atoms with Gasteiger partial charge in [-0.25, -0.2) is 8.78 Å². The summed E-state index contributed by atoms with van der Waals surface area (Å²) >= 11 is 0. The van der Waals surface area contributed by atoms with Gasteiger partial charge in [0.1, 0.15) is 11.6 Å². The lowest BCUT2D eigenvalue weighted by atomic mass is 10.1. The number of rotatable bonds is 5. The quantitative estimate of drug-likeness (QED) is 0.831. The highest BCUT2D eigenvalue weighted by Crippen LogP contribution is 2.25. The van der Waals surface area contributed by atoms with Gasteiger partial charge in [-0.2, -0.15) is 5.10 Å². The Morgan fingerprint density at radius 3 is 2.44 bits per heavy atom. The van der Waals surface area contributed by atoms with Crippen LogP contribution >= 0.6 is 0 Å². The van der Waals surface area contributed by atoms with Crippen molar-refractivity contribution in [3.63, 3.8) is 0 Å². The van der Waals surface area contributed by atoms with Crippen LogP contribution in [0.2, 0.25) is 0 Å². The van der Waals surface area contributed by atoms with E-state index in [0.717, 1.165) is 44.5 Å². The lowest BCUT2D eigenvalue weighted by Crippen LogP contribution is -2.46. The maximum atomic E-state index is 14.0. The van der Waals surface area contributed by atoms with Gasteiger partial charge in [-0.3, -0.25) is 9.80 Å². The van der Waals surface area contributed by atoms with Gasteiger partial charge in [0, 0.05) is 56.5 Å². The van der Waals surface area contributed by atoms with Crippen molar-refractivity contribution in [3.8, 4) is 5.88 Å². The summed E-state index contributed by atoms with van der Waals surface area (Å²) in [4.78, 5) is 4.51. The minimum atomic E-state index is -0.543. The lowest BCUT2D eigenvalue weighted by Gasteiger charge is -2.38. The zero-order chi connectivity index (χ0) is 17.8. The number of methoxy groups -OCH3 is 1. The molecule has 0 N–H and O–H groups in total. The van der Waals surface area contributed by atoms with Crippen LogP contribution < -0.4 is 4.74 Å². The minimum Gasteiger partial charge on any atom is -0.480 e. The first-order valence-electron chi connectivity index (χ1n) is 8.35. The van der Waals surface area contributed by atoms with Crippen LogP contribution in [0.5, 0.6) is 5.88 Å². The molecule has 25 heavy (non-hydrogen) atoms. The summed E-state index contributed by atoms with van der Waals surface area (Å²) < 4.78 is 32.1. The molecule has 1 aliphatic rings. The first kappa shape index (κ1) is 17.7. The SMILES string of the molecule is COc1ccc(CN2CCN(C(C)c3ccc(F)cc3F)CC2)nn1. The van der Waals surface area contributed by atoms with E-state index in [2.05, 4.69) is 20.0 Å². The Morgan fingerprint density at radius 1 is 1.08 bits per heavy atom. The van der Waals surface area contributed by atoms with Gasteiger partial charge in [-0.15, -0.1) is 5.10 Å². The Hall–Kier alpha value is -2.12. The molecule has 1 fully saturated rings. The fraction of sp³-hybridized carbons (Fsp3) is 0.444. The molecule has 3 rings (SSSR count). The second kappa shape index (κ2) is 7.84. The molecule has 0 saturated carbocycles. The summed E-state index contributed by atoms with van der Waals surface area (Å²) in [5.41, 5.74) is 1.43. The van der Waals surface area contributed by atoms with Crippen LogP contribution in [-0.2, 0) is 6.54 Å². The van der Waals surface area contributed by atoms with Crippen LogP contribution in [0, 0.1) is 11.6 Å². The first-order valence-corrected chi connectivity index (χ1v) is 8.35. The number of piperazine rings is 1. The third kappa shape index (κ3) is 4.29. The monoisotopic (exact) mass is 348 g/mol. The van der Waals surface area contributed by atoms with Gasteiger partial charge in [0.25, 0.3) is 0 Å². The highest BCUT2D eigenvalue weighted by molar-refractivity contribution is 5.22. The highest BCUT2D eigenvalue weighted by atomic mass is 19.1. The van der Waals surface area contributed by atoms with Gasteiger partial charge in [-0.05, 0) is 19.1 Å².